The molecule has 0 aliphatic carbocycles. The summed E-state index contributed by atoms with van der Waals surface area (Å²) in [7, 11) is 1.55. The molecule has 12 heavy (non-hydrogen) atoms. The smallest absolute Gasteiger partial charge is 0.0933 e. The van der Waals surface area contributed by atoms with Gasteiger partial charge in [0.25, 0.3) is 0 Å². The molecule has 0 atom stereocenters. The number of aliphatic hydroxyl groups is 1. The van der Waals surface area contributed by atoms with Gasteiger partial charge in [-0.1, -0.05) is 13.2 Å². The van der Waals surface area contributed by atoms with Crippen LogP contribution in [0.25, 0.3) is 0 Å². The zero-order valence-corrected chi connectivity index (χ0v) is 8.09. The maximum atomic E-state index is 7.94. The Bertz CT molecular complexity index is 116. The molecule has 72 valence electrons. The Balaban J connectivity index is 0. The van der Waals surface area contributed by atoms with E-state index in [0.717, 1.165) is 0 Å². The molecule has 0 radical (unpaired) electrons. The second kappa shape index (κ2) is 10.2. The predicted molar refractivity (Wildman–Crippen MR) is 49.7 cm³/mol. The van der Waals surface area contributed by atoms with Gasteiger partial charge in [0.1, 0.15) is 0 Å². The molecule has 0 aliphatic rings. The summed E-state index contributed by atoms with van der Waals surface area (Å²) in [5.41, 5.74) is 0. The number of rotatable bonds is 4. The van der Waals surface area contributed by atoms with Crippen molar-refractivity contribution in [2.45, 2.75) is 13.8 Å². The molecule has 0 rings (SSSR count). The average Bonchev–Trinajstić information content (AvgIpc) is 1.87. The van der Waals surface area contributed by atoms with E-state index in [9.17, 15) is 0 Å². The third-order valence-corrected chi connectivity index (χ3v) is 0.644. The Labute approximate surface area is 74.3 Å². The maximum Gasteiger partial charge on any atom is 0.0933 e. The van der Waals surface area contributed by atoms with E-state index in [4.69, 9.17) is 9.84 Å². The Morgan fingerprint density at radius 3 is 1.67 bits per heavy atom. The summed E-state index contributed by atoms with van der Waals surface area (Å²) < 4.78 is 9.30. The minimum absolute atomic E-state index is 0.122. The number of hydrogen-bond donors (Lipinski definition) is 1. The summed E-state index contributed by atoms with van der Waals surface area (Å²) in [4.78, 5) is 0. The van der Waals surface area contributed by atoms with Gasteiger partial charge in [0.05, 0.1) is 24.7 Å². The van der Waals surface area contributed by atoms with Gasteiger partial charge in [-0.15, -0.1) is 0 Å². The molecule has 0 unspecified atom stereocenters. The molecule has 0 aromatic carbocycles. The van der Waals surface area contributed by atoms with Gasteiger partial charge < -0.3 is 14.6 Å². The standard InChI is InChI=1S/C6H10O.C3H8O2/c1-5(2)7-6(3)4;1-5-3-2-4/h1,3H2,2,4H3;4H,2-3H2,1H3. The summed E-state index contributed by atoms with van der Waals surface area (Å²) >= 11 is 0. The van der Waals surface area contributed by atoms with Crippen molar-refractivity contribution >= 4 is 0 Å². The minimum atomic E-state index is 0.122. The molecule has 3 nitrogen and oxygen atoms in total. The molecule has 0 fully saturated rings. The van der Waals surface area contributed by atoms with Crippen LogP contribution in [-0.4, -0.2) is 25.4 Å². The van der Waals surface area contributed by atoms with Crippen molar-refractivity contribution in [1.29, 1.82) is 0 Å². The summed E-state index contributed by atoms with van der Waals surface area (Å²) in [6, 6.07) is 0. The highest BCUT2D eigenvalue weighted by Gasteiger charge is 1.80. The number of methoxy groups -OCH3 is 1. The van der Waals surface area contributed by atoms with E-state index < -0.39 is 0 Å². The van der Waals surface area contributed by atoms with E-state index in [1.54, 1.807) is 21.0 Å². The van der Waals surface area contributed by atoms with Gasteiger partial charge in [-0.2, -0.15) is 0 Å². The zero-order valence-electron chi connectivity index (χ0n) is 8.09. The first kappa shape index (κ1) is 13.8. The third kappa shape index (κ3) is 22.9. The fourth-order valence-corrected chi connectivity index (χ4v) is 0.389. The molecule has 0 aliphatic heterocycles. The van der Waals surface area contributed by atoms with Gasteiger partial charge in [0.2, 0.25) is 0 Å². The molecular weight excluding hydrogens is 156 g/mol. The van der Waals surface area contributed by atoms with Crippen LogP contribution in [0.5, 0.6) is 0 Å². The Morgan fingerprint density at radius 2 is 1.67 bits per heavy atom. The fraction of sp³-hybridized carbons (Fsp3) is 0.556. The van der Waals surface area contributed by atoms with E-state index in [0.29, 0.717) is 18.1 Å². The highest BCUT2D eigenvalue weighted by atomic mass is 16.5. The van der Waals surface area contributed by atoms with Crippen molar-refractivity contribution in [3.05, 3.63) is 24.7 Å². The maximum absolute atomic E-state index is 7.94. The van der Waals surface area contributed by atoms with E-state index in [1.165, 1.54) is 0 Å². The first-order valence-corrected chi connectivity index (χ1v) is 3.63. The van der Waals surface area contributed by atoms with Crippen LogP contribution >= 0.6 is 0 Å². The molecule has 0 amide bonds. The second-order valence-corrected chi connectivity index (χ2v) is 2.22. The number of hydrogen-bond acceptors (Lipinski definition) is 3. The molecule has 3 heteroatoms. The lowest BCUT2D eigenvalue weighted by molar-refractivity contribution is 0.135. The van der Waals surface area contributed by atoms with Crippen LogP contribution in [0.4, 0.5) is 0 Å². The zero-order chi connectivity index (χ0) is 9.98. The van der Waals surface area contributed by atoms with E-state index in [1.807, 2.05) is 0 Å². The van der Waals surface area contributed by atoms with Crippen LogP contribution < -0.4 is 0 Å². The fourth-order valence-electron chi connectivity index (χ4n) is 0.389. The van der Waals surface area contributed by atoms with E-state index >= 15 is 0 Å². The highest BCUT2D eigenvalue weighted by Crippen LogP contribution is 1.97. The van der Waals surface area contributed by atoms with Crippen LogP contribution in [0.15, 0.2) is 24.7 Å². The van der Waals surface area contributed by atoms with Crippen molar-refractivity contribution in [3.8, 4) is 0 Å². The first-order chi connectivity index (χ1) is 5.54. The van der Waals surface area contributed by atoms with Crippen molar-refractivity contribution in [2.75, 3.05) is 20.3 Å². The second-order valence-electron chi connectivity index (χ2n) is 2.22. The highest BCUT2D eigenvalue weighted by molar-refractivity contribution is 4.85. The summed E-state index contributed by atoms with van der Waals surface area (Å²) in [5, 5.41) is 7.94. The topological polar surface area (TPSA) is 38.7 Å². The number of ether oxygens (including phenoxy) is 2. The van der Waals surface area contributed by atoms with Gasteiger partial charge in [-0.05, 0) is 13.8 Å². The monoisotopic (exact) mass is 174 g/mol. The van der Waals surface area contributed by atoms with Crippen LogP contribution in [0, 0.1) is 0 Å². The molecule has 0 saturated carbocycles. The number of aliphatic hydroxyl groups excluding tert-OH is 1. The molecular formula is C9H18O3. The summed E-state index contributed by atoms with van der Waals surface area (Å²) in [5.74, 6) is 1.38. The van der Waals surface area contributed by atoms with E-state index in [-0.39, 0.29) is 6.61 Å². The van der Waals surface area contributed by atoms with Crippen molar-refractivity contribution in [2.24, 2.45) is 0 Å². The quantitative estimate of drug-likeness (QED) is 0.659. The molecule has 0 bridgehead atoms. The molecule has 0 aromatic rings. The Hall–Kier alpha value is -0.800. The molecule has 0 saturated heterocycles. The van der Waals surface area contributed by atoms with Crippen LogP contribution in [0.2, 0.25) is 0 Å². The van der Waals surface area contributed by atoms with Gasteiger partial charge in [-0.3, -0.25) is 0 Å². The molecule has 0 aromatic heterocycles. The lowest BCUT2D eigenvalue weighted by atomic mass is 10.6. The minimum Gasteiger partial charge on any atom is -0.468 e. The molecule has 1 N–H and O–H groups in total. The first-order valence-electron chi connectivity index (χ1n) is 3.63. The number of allylic oxidation sites excluding steroid dienone is 2. The van der Waals surface area contributed by atoms with Gasteiger partial charge in [0, 0.05) is 7.11 Å². The van der Waals surface area contributed by atoms with Crippen molar-refractivity contribution in [3.63, 3.8) is 0 Å². The van der Waals surface area contributed by atoms with Crippen LogP contribution in [0.3, 0.4) is 0 Å². The van der Waals surface area contributed by atoms with Gasteiger partial charge in [0.15, 0.2) is 0 Å². The van der Waals surface area contributed by atoms with Crippen LogP contribution in [0.1, 0.15) is 13.8 Å². The largest absolute Gasteiger partial charge is 0.468 e. The van der Waals surface area contributed by atoms with Gasteiger partial charge in [-0.25, -0.2) is 0 Å². The summed E-state index contributed by atoms with van der Waals surface area (Å²) in [6.07, 6.45) is 0. The van der Waals surface area contributed by atoms with Gasteiger partial charge >= 0.3 is 0 Å². The molecule has 0 heterocycles. The van der Waals surface area contributed by atoms with Crippen LogP contribution in [-0.2, 0) is 9.47 Å². The average molecular weight is 174 g/mol. The Kier molecular flexibility index (Phi) is 11.7. The van der Waals surface area contributed by atoms with Crippen molar-refractivity contribution in [1.82, 2.24) is 0 Å². The van der Waals surface area contributed by atoms with E-state index in [2.05, 4.69) is 17.9 Å². The summed E-state index contributed by atoms with van der Waals surface area (Å²) in [6.45, 7) is 11.2. The Morgan fingerprint density at radius 1 is 1.25 bits per heavy atom. The lowest BCUT2D eigenvalue weighted by Crippen LogP contribution is -1.91. The lowest BCUT2D eigenvalue weighted by Gasteiger charge is -1.99. The molecule has 0 spiro atoms. The van der Waals surface area contributed by atoms with Crippen molar-refractivity contribution < 1.29 is 14.6 Å². The third-order valence-electron chi connectivity index (χ3n) is 0.644. The predicted octanol–water partition coefficient (Wildman–Crippen LogP) is 1.70. The normalized spacial score (nSPS) is 8.00. The SMILES string of the molecule is C=C(C)OC(=C)C.COCCO.